The fraction of sp³-hybridized carbons (Fsp3) is 0.357. The number of rotatable bonds is 7. The van der Waals surface area contributed by atoms with E-state index in [1.807, 2.05) is 31.2 Å². The molecule has 0 radical (unpaired) electrons. The van der Waals surface area contributed by atoms with Gasteiger partial charge in [0, 0.05) is 22.2 Å². The lowest BCUT2D eigenvalue weighted by atomic mass is 10.1. The van der Waals surface area contributed by atoms with Crippen molar-refractivity contribution in [3.05, 3.63) is 41.9 Å². The number of nitrogens with one attached hydrogen (secondary N) is 1. The first-order valence-corrected chi connectivity index (χ1v) is 8.00. The SMILES string of the molecule is CC(Cn1cncn1)C(=O)NCCSc1ccc(Cl)cc1. The molecular weight excluding hydrogens is 308 g/mol. The van der Waals surface area contributed by atoms with Crippen LogP contribution in [-0.2, 0) is 11.3 Å². The predicted octanol–water partition coefficient (Wildman–Crippen LogP) is 2.48. The summed E-state index contributed by atoms with van der Waals surface area (Å²) in [4.78, 5) is 16.9. The Morgan fingerprint density at radius 3 is 2.86 bits per heavy atom. The third-order valence-electron chi connectivity index (χ3n) is 2.86. The van der Waals surface area contributed by atoms with Gasteiger partial charge in [-0.15, -0.1) is 11.8 Å². The van der Waals surface area contributed by atoms with E-state index in [4.69, 9.17) is 11.6 Å². The molecule has 5 nitrogen and oxygen atoms in total. The van der Waals surface area contributed by atoms with Gasteiger partial charge < -0.3 is 5.32 Å². The van der Waals surface area contributed by atoms with E-state index >= 15 is 0 Å². The molecule has 2 aromatic rings. The molecule has 1 heterocycles. The summed E-state index contributed by atoms with van der Waals surface area (Å²) >= 11 is 7.52. The van der Waals surface area contributed by atoms with Crippen molar-refractivity contribution in [3.8, 4) is 0 Å². The zero-order valence-electron chi connectivity index (χ0n) is 11.7. The highest BCUT2D eigenvalue weighted by Crippen LogP contribution is 2.19. The number of hydrogen-bond donors (Lipinski definition) is 1. The van der Waals surface area contributed by atoms with Gasteiger partial charge in [0.2, 0.25) is 5.91 Å². The van der Waals surface area contributed by atoms with Gasteiger partial charge in [-0.25, -0.2) is 4.98 Å². The van der Waals surface area contributed by atoms with Crippen molar-refractivity contribution in [2.45, 2.75) is 18.4 Å². The molecule has 1 aromatic carbocycles. The molecule has 0 aliphatic heterocycles. The summed E-state index contributed by atoms with van der Waals surface area (Å²) < 4.78 is 1.66. The van der Waals surface area contributed by atoms with Crippen molar-refractivity contribution in [2.75, 3.05) is 12.3 Å². The standard InChI is InChI=1S/C14H17ClN4OS/c1-11(8-19-10-16-9-18-19)14(20)17-6-7-21-13-4-2-12(15)3-5-13/h2-5,9-11H,6-8H2,1H3,(H,17,20). The molecule has 21 heavy (non-hydrogen) atoms. The van der Waals surface area contributed by atoms with Gasteiger partial charge in [0.15, 0.2) is 0 Å². The van der Waals surface area contributed by atoms with E-state index in [0.717, 1.165) is 15.7 Å². The van der Waals surface area contributed by atoms with Crippen LogP contribution >= 0.6 is 23.4 Å². The van der Waals surface area contributed by atoms with Crippen molar-refractivity contribution >= 4 is 29.3 Å². The monoisotopic (exact) mass is 324 g/mol. The van der Waals surface area contributed by atoms with E-state index in [1.165, 1.54) is 6.33 Å². The van der Waals surface area contributed by atoms with E-state index in [2.05, 4.69) is 15.4 Å². The van der Waals surface area contributed by atoms with Gasteiger partial charge in [-0.05, 0) is 24.3 Å². The quantitative estimate of drug-likeness (QED) is 0.628. The Morgan fingerprint density at radius 1 is 1.43 bits per heavy atom. The molecule has 0 spiro atoms. The molecule has 0 aliphatic rings. The molecule has 2 rings (SSSR count). The molecule has 1 amide bonds. The third-order valence-corrected chi connectivity index (χ3v) is 4.12. The molecule has 1 unspecified atom stereocenters. The van der Waals surface area contributed by atoms with E-state index in [9.17, 15) is 4.79 Å². The summed E-state index contributed by atoms with van der Waals surface area (Å²) in [7, 11) is 0. The van der Waals surface area contributed by atoms with Crippen LogP contribution in [0.5, 0.6) is 0 Å². The number of carbonyl (C=O) groups is 1. The fourth-order valence-corrected chi connectivity index (χ4v) is 2.63. The smallest absolute Gasteiger partial charge is 0.224 e. The number of hydrogen-bond acceptors (Lipinski definition) is 4. The van der Waals surface area contributed by atoms with Crippen molar-refractivity contribution in [3.63, 3.8) is 0 Å². The van der Waals surface area contributed by atoms with Crippen LogP contribution in [0.3, 0.4) is 0 Å². The second-order valence-electron chi connectivity index (χ2n) is 4.61. The van der Waals surface area contributed by atoms with Gasteiger partial charge in [0.25, 0.3) is 0 Å². The van der Waals surface area contributed by atoms with Crippen LogP contribution in [0.4, 0.5) is 0 Å². The molecule has 0 bridgehead atoms. The van der Waals surface area contributed by atoms with Crippen LogP contribution in [0.15, 0.2) is 41.8 Å². The van der Waals surface area contributed by atoms with Gasteiger partial charge in [-0.1, -0.05) is 18.5 Å². The van der Waals surface area contributed by atoms with Gasteiger partial charge in [0.05, 0.1) is 12.5 Å². The zero-order chi connectivity index (χ0) is 15.1. The minimum atomic E-state index is -0.132. The number of thioether (sulfide) groups is 1. The largest absolute Gasteiger partial charge is 0.355 e. The van der Waals surface area contributed by atoms with Crippen LogP contribution in [0.1, 0.15) is 6.92 Å². The Labute approximate surface area is 133 Å². The fourth-order valence-electron chi connectivity index (χ4n) is 1.74. The zero-order valence-corrected chi connectivity index (χ0v) is 13.3. The van der Waals surface area contributed by atoms with Gasteiger partial charge in [-0.2, -0.15) is 5.10 Å². The van der Waals surface area contributed by atoms with E-state index in [1.54, 1.807) is 22.8 Å². The molecule has 7 heteroatoms. The molecule has 1 N–H and O–H groups in total. The topological polar surface area (TPSA) is 59.8 Å². The maximum absolute atomic E-state index is 11.9. The Hall–Kier alpha value is -1.53. The van der Waals surface area contributed by atoms with Crippen molar-refractivity contribution in [1.29, 1.82) is 0 Å². The number of aromatic nitrogens is 3. The Morgan fingerprint density at radius 2 is 2.19 bits per heavy atom. The molecule has 0 saturated heterocycles. The third kappa shape index (κ3) is 5.40. The summed E-state index contributed by atoms with van der Waals surface area (Å²) in [6.45, 7) is 3.05. The lowest BCUT2D eigenvalue weighted by Crippen LogP contribution is -2.33. The van der Waals surface area contributed by atoms with Gasteiger partial charge >= 0.3 is 0 Å². The highest BCUT2D eigenvalue weighted by Gasteiger charge is 2.13. The van der Waals surface area contributed by atoms with Crippen molar-refractivity contribution < 1.29 is 4.79 Å². The molecular formula is C14H17ClN4OS. The first kappa shape index (κ1) is 15.9. The molecule has 0 aliphatic carbocycles. The maximum Gasteiger partial charge on any atom is 0.224 e. The Kier molecular flexibility index (Phi) is 6.07. The maximum atomic E-state index is 11.9. The van der Waals surface area contributed by atoms with Crippen molar-refractivity contribution in [1.82, 2.24) is 20.1 Å². The highest BCUT2D eigenvalue weighted by molar-refractivity contribution is 7.99. The van der Waals surface area contributed by atoms with Crippen LogP contribution in [0.2, 0.25) is 5.02 Å². The molecule has 0 fully saturated rings. The van der Waals surface area contributed by atoms with Crippen LogP contribution < -0.4 is 5.32 Å². The molecule has 1 atom stereocenters. The molecule has 1 aromatic heterocycles. The number of carbonyl (C=O) groups excluding carboxylic acids is 1. The average Bonchev–Trinajstić information content (AvgIpc) is 2.98. The van der Waals surface area contributed by atoms with E-state index in [-0.39, 0.29) is 11.8 Å². The second-order valence-corrected chi connectivity index (χ2v) is 6.22. The first-order chi connectivity index (χ1) is 10.1. The number of nitrogens with zero attached hydrogens (tertiary/aromatic N) is 3. The number of amides is 1. The highest BCUT2D eigenvalue weighted by atomic mass is 35.5. The summed E-state index contributed by atoms with van der Waals surface area (Å²) in [5, 5.41) is 7.65. The normalized spacial score (nSPS) is 12.1. The summed E-state index contributed by atoms with van der Waals surface area (Å²) in [5.74, 6) is 0.720. The lowest BCUT2D eigenvalue weighted by molar-refractivity contribution is -0.124. The minimum absolute atomic E-state index is 0.0298. The van der Waals surface area contributed by atoms with Crippen LogP contribution in [0.25, 0.3) is 0 Å². The molecule has 0 saturated carbocycles. The average molecular weight is 325 g/mol. The predicted molar refractivity (Wildman–Crippen MR) is 84.4 cm³/mol. The summed E-state index contributed by atoms with van der Waals surface area (Å²) in [5.41, 5.74) is 0. The summed E-state index contributed by atoms with van der Waals surface area (Å²) in [6, 6.07) is 7.68. The van der Waals surface area contributed by atoms with Gasteiger partial charge in [-0.3, -0.25) is 9.48 Å². The van der Waals surface area contributed by atoms with E-state index in [0.29, 0.717) is 13.1 Å². The second kappa shape index (κ2) is 8.05. The lowest BCUT2D eigenvalue weighted by Gasteiger charge is -2.11. The van der Waals surface area contributed by atoms with Gasteiger partial charge in [0.1, 0.15) is 12.7 Å². The Bertz CT molecular complexity index is 559. The Balaban J connectivity index is 1.65. The van der Waals surface area contributed by atoms with Crippen molar-refractivity contribution in [2.24, 2.45) is 5.92 Å². The summed E-state index contributed by atoms with van der Waals surface area (Å²) in [6.07, 6.45) is 3.08. The number of benzene rings is 1. The number of halogens is 1. The first-order valence-electron chi connectivity index (χ1n) is 6.63. The van der Waals surface area contributed by atoms with Crippen LogP contribution in [0, 0.1) is 5.92 Å². The molecule has 112 valence electrons. The van der Waals surface area contributed by atoms with E-state index < -0.39 is 0 Å². The van der Waals surface area contributed by atoms with Crippen LogP contribution in [-0.4, -0.2) is 33.0 Å². The minimum Gasteiger partial charge on any atom is -0.355 e.